The fraction of sp³-hybridized carbons (Fsp3) is 0.444. The highest BCUT2D eigenvalue weighted by atomic mass is 35.5. The molecular weight excluding hydrogens is 529 g/mol. The first-order valence-corrected chi connectivity index (χ1v) is 13.4. The first-order valence-electron chi connectivity index (χ1n) is 13.1. The molecule has 3 aromatic rings. The van der Waals surface area contributed by atoms with Crippen LogP contribution in [-0.4, -0.2) is 85.3 Å². The molecule has 2 amide bonds. The van der Waals surface area contributed by atoms with Gasteiger partial charge >= 0.3 is 6.03 Å². The zero-order chi connectivity index (χ0) is 27.2. The minimum atomic E-state index is -0.510. The van der Waals surface area contributed by atoms with Crippen LogP contribution in [0.2, 0.25) is 5.02 Å². The molecule has 0 saturated carbocycles. The van der Waals surface area contributed by atoms with E-state index in [9.17, 15) is 9.18 Å². The molecule has 12 heteroatoms. The van der Waals surface area contributed by atoms with Crippen molar-refractivity contribution in [3.05, 3.63) is 47.5 Å². The normalized spacial score (nSPS) is 17.2. The van der Waals surface area contributed by atoms with Gasteiger partial charge in [-0.3, -0.25) is 4.90 Å². The van der Waals surface area contributed by atoms with E-state index in [1.165, 1.54) is 18.5 Å². The van der Waals surface area contributed by atoms with Gasteiger partial charge in [-0.1, -0.05) is 16.2 Å². The molecule has 3 heterocycles. The molecule has 5 rings (SSSR count). The van der Waals surface area contributed by atoms with Crippen molar-refractivity contribution >= 4 is 40.0 Å². The van der Waals surface area contributed by atoms with Crippen molar-refractivity contribution in [2.24, 2.45) is 0 Å². The molecule has 0 bridgehead atoms. The average molecular weight is 561 g/mol. The molecule has 0 radical (unpaired) electrons. The monoisotopic (exact) mass is 560 g/mol. The van der Waals surface area contributed by atoms with Crippen molar-refractivity contribution in [3.63, 3.8) is 0 Å². The fourth-order valence-electron chi connectivity index (χ4n) is 4.84. The predicted molar refractivity (Wildman–Crippen MR) is 144 cm³/mol. The van der Waals surface area contributed by atoms with Gasteiger partial charge in [0, 0.05) is 56.2 Å². The molecular formula is C27H32ClFN5O5+. The number of hydrogen-bond donors (Lipinski definition) is 1. The molecule has 0 aliphatic carbocycles. The molecule has 2 saturated heterocycles. The minimum absolute atomic E-state index is 0.00520. The van der Waals surface area contributed by atoms with Crippen LogP contribution in [0.3, 0.4) is 0 Å². The van der Waals surface area contributed by atoms with Crippen LogP contribution in [0.1, 0.15) is 19.3 Å². The zero-order valence-corrected chi connectivity index (χ0v) is 22.6. The van der Waals surface area contributed by atoms with E-state index in [-0.39, 0.29) is 15.7 Å². The number of ether oxygens (including phenoxy) is 3. The molecule has 39 heavy (non-hydrogen) atoms. The standard InChI is InChI=1S/C27H32ClFN5O5/c1-36-13-14-38-24-17-23-20(26(31-18-30-23)32-19-5-6-22(29)21(28)15-19)16-25(24)39-34(9-3-2-4-10-34)27(35)33-7-11-37-12-8-33/h5-6,15-18H,2-4,7-14H2,1H3,(H,30,31,32)/q+1. The summed E-state index contributed by atoms with van der Waals surface area (Å²) < 4.78 is 30.2. The van der Waals surface area contributed by atoms with E-state index in [4.69, 9.17) is 30.6 Å². The number of carbonyl (C=O) groups is 1. The van der Waals surface area contributed by atoms with Crippen LogP contribution in [0.25, 0.3) is 10.9 Å². The number of rotatable bonds is 8. The van der Waals surface area contributed by atoms with Gasteiger partial charge in [0.2, 0.25) is 5.75 Å². The number of amides is 2. The van der Waals surface area contributed by atoms with Crippen LogP contribution >= 0.6 is 11.6 Å². The number of methoxy groups -OCH3 is 1. The van der Waals surface area contributed by atoms with E-state index >= 15 is 0 Å². The van der Waals surface area contributed by atoms with Crippen LogP contribution in [0, 0.1) is 5.82 Å². The lowest BCUT2D eigenvalue weighted by molar-refractivity contribution is -1.02. The minimum Gasteiger partial charge on any atom is -0.487 e. The van der Waals surface area contributed by atoms with Gasteiger partial charge < -0.3 is 24.4 Å². The Bertz CT molecular complexity index is 1320. The second-order valence-electron chi connectivity index (χ2n) is 9.50. The third kappa shape index (κ3) is 6.17. The van der Waals surface area contributed by atoms with Gasteiger partial charge in [0.25, 0.3) is 0 Å². The van der Waals surface area contributed by atoms with Gasteiger partial charge in [-0.25, -0.2) is 19.2 Å². The van der Waals surface area contributed by atoms with E-state index < -0.39 is 5.82 Å². The highest BCUT2D eigenvalue weighted by molar-refractivity contribution is 6.31. The molecule has 208 valence electrons. The lowest BCUT2D eigenvalue weighted by Gasteiger charge is -2.39. The number of benzene rings is 2. The number of nitrogens with zero attached hydrogens (tertiary/aromatic N) is 4. The Labute approximate surface area is 231 Å². The zero-order valence-electron chi connectivity index (χ0n) is 21.8. The highest BCUT2D eigenvalue weighted by Gasteiger charge is 2.46. The van der Waals surface area contributed by atoms with E-state index in [1.54, 1.807) is 25.3 Å². The van der Waals surface area contributed by atoms with Gasteiger partial charge in [-0.05, 0) is 24.6 Å². The largest absolute Gasteiger partial charge is 0.487 e. The Morgan fingerprint density at radius 2 is 1.90 bits per heavy atom. The van der Waals surface area contributed by atoms with Gasteiger partial charge in [-0.15, -0.1) is 0 Å². The Morgan fingerprint density at radius 1 is 1.10 bits per heavy atom. The van der Waals surface area contributed by atoms with Gasteiger partial charge in [0.15, 0.2) is 5.75 Å². The summed E-state index contributed by atoms with van der Waals surface area (Å²) in [6.45, 7) is 3.84. The molecule has 2 aliphatic heterocycles. The number of halogens is 2. The average Bonchev–Trinajstić information content (AvgIpc) is 2.96. The van der Waals surface area contributed by atoms with Gasteiger partial charge in [-0.2, -0.15) is 0 Å². The van der Waals surface area contributed by atoms with Crippen molar-refractivity contribution in [1.29, 1.82) is 0 Å². The second kappa shape index (κ2) is 12.3. The molecule has 0 atom stereocenters. The lowest BCUT2D eigenvalue weighted by atomic mass is 10.1. The van der Waals surface area contributed by atoms with Gasteiger partial charge in [0.05, 0.1) is 30.4 Å². The van der Waals surface area contributed by atoms with E-state index in [1.807, 2.05) is 4.90 Å². The number of hydroxylamine groups is 3. The predicted octanol–water partition coefficient (Wildman–Crippen LogP) is 4.94. The number of anilines is 2. The van der Waals surface area contributed by atoms with Gasteiger partial charge in [0.1, 0.15) is 37.7 Å². The third-order valence-corrected chi connectivity index (χ3v) is 7.16. The van der Waals surface area contributed by atoms with Crippen LogP contribution in [0.5, 0.6) is 11.5 Å². The Kier molecular flexibility index (Phi) is 8.61. The number of likely N-dealkylation sites (tertiary alicyclic amines) is 1. The molecule has 0 spiro atoms. The maximum atomic E-state index is 13.9. The number of fused-ring (bicyclic) bond motifs is 1. The second-order valence-corrected chi connectivity index (χ2v) is 9.91. The summed E-state index contributed by atoms with van der Waals surface area (Å²) in [5.41, 5.74) is 1.16. The number of quaternary nitrogens is 1. The quantitative estimate of drug-likeness (QED) is 0.306. The van der Waals surface area contributed by atoms with Crippen molar-refractivity contribution in [1.82, 2.24) is 14.9 Å². The third-order valence-electron chi connectivity index (χ3n) is 6.87. The Morgan fingerprint density at radius 3 is 2.64 bits per heavy atom. The maximum absolute atomic E-state index is 13.9. The molecule has 1 aromatic heterocycles. The molecule has 2 fully saturated rings. The Balaban J connectivity index is 1.54. The van der Waals surface area contributed by atoms with Crippen molar-refractivity contribution in [3.8, 4) is 11.5 Å². The molecule has 2 aromatic carbocycles. The molecule has 0 unspecified atom stereocenters. The SMILES string of the molecule is COCCOc1cc2ncnc(Nc3ccc(F)c(Cl)c3)c2cc1O[N+]1(C(=O)N2CCOCC2)CCCCC1. The number of piperidine rings is 1. The first kappa shape index (κ1) is 27.3. The van der Waals surface area contributed by atoms with Crippen LogP contribution in [-0.2, 0) is 9.47 Å². The summed E-state index contributed by atoms with van der Waals surface area (Å²) in [4.78, 5) is 31.2. The van der Waals surface area contributed by atoms with Crippen LogP contribution in [0.15, 0.2) is 36.7 Å². The Hall–Kier alpha value is -3.25. The summed E-state index contributed by atoms with van der Waals surface area (Å²) in [5.74, 6) is 0.813. The number of hydrogen-bond acceptors (Lipinski definition) is 8. The molecule has 2 aliphatic rings. The summed E-state index contributed by atoms with van der Waals surface area (Å²) in [7, 11) is 1.60. The smallest absolute Gasteiger partial charge is 0.460 e. The summed E-state index contributed by atoms with van der Waals surface area (Å²) in [6, 6.07) is 7.82. The van der Waals surface area contributed by atoms with Crippen molar-refractivity contribution in [2.75, 3.05) is 65.0 Å². The van der Waals surface area contributed by atoms with E-state index in [0.29, 0.717) is 86.5 Å². The highest BCUT2D eigenvalue weighted by Crippen LogP contribution is 2.38. The molecule has 10 nitrogen and oxygen atoms in total. The number of morpholine rings is 1. The van der Waals surface area contributed by atoms with E-state index in [2.05, 4.69) is 15.3 Å². The fourth-order valence-corrected chi connectivity index (χ4v) is 5.02. The number of carbonyl (C=O) groups excluding carboxylic acids is 1. The van der Waals surface area contributed by atoms with Crippen molar-refractivity contribution < 1.29 is 32.9 Å². The summed E-state index contributed by atoms with van der Waals surface area (Å²) in [6.07, 6.45) is 4.20. The molecule has 1 N–H and O–H groups in total. The number of urea groups is 1. The van der Waals surface area contributed by atoms with E-state index in [0.717, 1.165) is 19.3 Å². The number of nitrogens with one attached hydrogen (secondary N) is 1. The lowest BCUT2D eigenvalue weighted by Crippen LogP contribution is -2.63. The maximum Gasteiger partial charge on any atom is 0.460 e. The van der Waals surface area contributed by atoms with Crippen molar-refractivity contribution in [2.45, 2.75) is 19.3 Å². The summed E-state index contributed by atoms with van der Waals surface area (Å²) in [5, 5.41) is 3.82. The van der Waals surface area contributed by atoms with Crippen LogP contribution < -0.4 is 14.9 Å². The number of aromatic nitrogens is 2. The summed E-state index contributed by atoms with van der Waals surface area (Å²) >= 11 is 5.98. The topological polar surface area (TPSA) is 95.0 Å². The first-order chi connectivity index (χ1) is 19.0. The van der Waals surface area contributed by atoms with Crippen LogP contribution in [0.4, 0.5) is 20.7 Å².